The average molecular weight is 859 g/mol. The highest BCUT2D eigenvalue weighted by Crippen LogP contribution is 2.53. The highest BCUT2D eigenvalue weighted by molar-refractivity contribution is 7.98. The number of amides is 1. The number of piperidine rings is 1. The molecule has 1 spiro atoms. The van der Waals surface area contributed by atoms with Gasteiger partial charge in [0.15, 0.2) is 11.5 Å². The predicted octanol–water partition coefficient (Wildman–Crippen LogP) is 9.88. The van der Waals surface area contributed by atoms with E-state index in [0.29, 0.717) is 63.7 Å². The summed E-state index contributed by atoms with van der Waals surface area (Å²) in [6, 6.07) is 21.1. The molecule has 1 atom stereocenters. The molecule has 1 amide bonds. The smallest absolute Gasteiger partial charge is 0.265 e. The molecule has 326 valence electrons. The first-order chi connectivity index (χ1) is 30.0. The van der Waals surface area contributed by atoms with E-state index in [4.69, 9.17) is 9.47 Å². The molecule has 0 unspecified atom stereocenters. The molecular weight excluding hydrogens is 801 g/mol. The van der Waals surface area contributed by atoms with Crippen LogP contribution in [0.15, 0.2) is 89.3 Å². The molecule has 2 aliphatic carbocycles. The van der Waals surface area contributed by atoms with Crippen LogP contribution in [0.5, 0.6) is 11.5 Å². The third-order valence-electron chi connectivity index (χ3n) is 13.9. The van der Waals surface area contributed by atoms with Gasteiger partial charge >= 0.3 is 0 Å². The second-order valence-corrected chi connectivity index (χ2v) is 19.4. The molecule has 2 saturated carbocycles. The number of nitroso groups, excluding NO2 is 1. The SMILES string of the molecule is CC(C)c1ccccc1[C@@H]1COCCN1C1CC2(CCN(c3ccc(C(=O)NSc4cnc(NC[C@H]5CC[C@](C)(O)CC5)c(N=O)c4)c(Oc4cnc5[nH]ccc5c4)c3)CC2)C1. The van der Waals surface area contributed by atoms with E-state index in [9.17, 15) is 14.8 Å². The molecular formula is C48H58N8O5S. The maximum atomic E-state index is 13.9. The Balaban J connectivity index is 0.859. The zero-order valence-electron chi connectivity index (χ0n) is 35.9. The Hall–Kier alpha value is -5.02. The molecule has 3 aromatic heterocycles. The van der Waals surface area contributed by atoms with Crippen molar-refractivity contribution in [1.29, 1.82) is 0 Å². The van der Waals surface area contributed by atoms with Gasteiger partial charge in [0.2, 0.25) is 0 Å². The molecule has 4 fully saturated rings. The maximum absolute atomic E-state index is 13.9. The van der Waals surface area contributed by atoms with Crippen molar-refractivity contribution < 1.29 is 19.4 Å². The fourth-order valence-corrected chi connectivity index (χ4v) is 10.8. The molecule has 0 bridgehead atoms. The van der Waals surface area contributed by atoms with Crippen molar-refractivity contribution in [3.8, 4) is 11.5 Å². The molecule has 62 heavy (non-hydrogen) atoms. The lowest BCUT2D eigenvalue weighted by atomic mass is 9.59. The standard InChI is InChI=1S/C48H58N8O5S/c1-31(2)38-6-4-5-7-39(38)42-30-60-21-20-56(42)35-25-48(26-35)15-18-55(19-16-48)34-8-9-40(43(23-34)61-36-22-33-12-17-49-44(33)51-28-36)46(57)54-62-37-24-41(53-59)45(52-29-37)50-27-32-10-13-47(3,58)14-11-32/h4-9,12,17,22-24,28-29,31-32,35,42,58H,10-11,13-16,18-21,25-27,30H2,1-3H3,(H,49,51)(H,50,52)(H,54,57)/t32-,42-,47-/m0/s1. The summed E-state index contributed by atoms with van der Waals surface area (Å²) < 4.78 is 15.5. The molecule has 5 heterocycles. The number of hydrogen-bond acceptors (Lipinski definition) is 12. The topological polar surface area (TPSA) is 157 Å². The van der Waals surface area contributed by atoms with E-state index in [-0.39, 0.29) is 11.6 Å². The van der Waals surface area contributed by atoms with E-state index in [1.54, 1.807) is 18.5 Å². The second kappa shape index (κ2) is 18.0. The van der Waals surface area contributed by atoms with Gasteiger partial charge in [0.25, 0.3) is 5.91 Å². The molecule has 5 aromatic rings. The van der Waals surface area contributed by atoms with E-state index in [1.807, 2.05) is 43.5 Å². The van der Waals surface area contributed by atoms with Crippen LogP contribution in [-0.4, -0.2) is 81.9 Å². The number of rotatable bonds is 13. The van der Waals surface area contributed by atoms with Crippen molar-refractivity contribution in [1.82, 2.24) is 24.6 Å². The lowest BCUT2D eigenvalue weighted by molar-refractivity contribution is -0.0912. The second-order valence-electron chi connectivity index (χ2n) is 18.5. The van der Waals surface area contributed by atoms with Gasteiger partial charge in [-0.2, -0.15) is 0 Å². The number of carbonyl (C=O) groups is 1. The number of aromatic amines is 1. The number of benzene rings is 2. The first-order valence-corrected chi connectivity index (χ1v) is 23.1. The van der Waals surface area contributed by atoms with Gasteiger partial charge in [-0.1, -0.05) is 38.1 Å². The van der Waals surface area contributed by atoms with Crippen LogP contribution in [0.3, 0.4) is 0 Å². The molecule has 2 saturated heterocycles. The number of nitrogens with zero attached hydrogens (tertiary/aromatic N) is 5. The Kier molecular flexibility index (Phi) is 12.3. The minimum atomic E-state index is -0.607. The molecule has 2 aliphatic heterocycles. The van der Waals surface area contributed by atoms with E-state index in [1.165, 1.54) is 24.0 Å². The molecule has 4 aliphatic rings. The van der Waals surface area contributed by atoms with Gasteiger partial charge < -0.3 is 29.8 Å². The van der Waals surface area contributed by atoms with Crippen molar-refractivity contribution in [2.75, 3.05) is 49.6 Å². The number of ether oxygens (including phenoxy) is 2. The lowest BCUT2D eigenvalue weighted by Gasteiger charge is -2.57. The fraction of sp³-hybridized carbons (Fsp3) is 0.479. The van der Waals surface area contributed by atoms with Gasteiger partial charge in [-0.05, 0) is 134 Å². The van der Waals surface area contributed by atoms with Crippen LogP contribution < -0.4 is 19.7 Å². The van der Waals surface area contributed by atoms with Crippen molar-refractivity contribution in [3.05, 3.63) is 101 Å². The van der Waals surface area contributed by atoms with E-state index in [2.05, 4.69) is 78.1 Å². The van der Waals surface area contributed by atoms with E-state index < -0.39 is 5.60 Å². The van der Waals surface area contributed by atoms with Crippen molar-refractivity contribution in [2.24, 2.45) is 16.5 Å². The van der Waals surface area contributed by atoms with Crippen LogP contribution in [0, 0.1) is 16.2 Å². The Bertz CT molecular complexity index is 2380. The zero-order chi connectivity index (χ0) is 42.8. The van der Waals surface area contributed by atoms with Crippen molar-refractivity contribution in [2.45, 2.75) is 101 Å². The van der Waals surface area contributed by atoms with Crippen LogP contribution in [-0.2, 0) is 4.74 Å². The highest BCUT2D eigenvalue weighted by atomic mass is 32.2. The summed E-state index contributed by atoms with van der Waals surface area (Å²) in [4.78, 5) is 43.6. The first-order valence-electron chi connectivity index (χ1n) is 22.2. The molecule has 9 rings (SSSR count). The van der Waals surface area contributed by atoms with E-state index in [0.717, 1.165) is 100 Å². The van der Waals surface area contributed by atoms with Gasteiger partial charge in [0.05, 0.1) is 36.6 Å². The van der Waals surface area contributed by atoms with Crippen molar-refractivity contribution >= 4 is 46.1 Å². The summed E-state index contributed by atoms with van der Waals surface area (Å²) in [5.74, 6) is 1.86. The number of pyridine rings is 2. The number of fused-ring (bicyclic) bond motifs is 1. The summed E-state index contributed by atoms with van der Waals surface area (Å²) in [6.07, 6.45) is 13.1. The van der Waals surface area contributed by atoms with Gasteiger partial charge in [-0.3, -0.25) is 14.4 Å². The number of anilines is 2. The quantitative estimate of drug-likeness (QED) is 0.0660. The average Bonchev–Trinajstić information content (AvgIpc) is 3.75. The normalized spacial score (nSPS) is 23.0. The van der Waals surface area contributed by atoms with Gasteiger partial charge in [-0.25, -0.2) is 9.97 Å². The number of nitrogens with one attached hydrogen (secondary N) is 3. The highest BCUT2D eigenvalue weighted by Gasteiger charge is 2.49. The molecule has 13 nitrogen and oxygen atoms in total. The molecule has 4 N–H and O–H groups in total. The number of hydrogen-bond donors (Lipinski definition) is 4. The minimum Gasteiger partial charge on any atom is -0.455 e. The Morgan fingerprint density at radius 3 is 2.63 bits per heavy atom. The number of aromatic nitrogens is 3. The van der Waals surface area contributed by atoms with Crippen LogP contribution >= 0.6 is 11.9 Å². The number of morpholine rings is 1. The first kappa shape index (κ1) is 42.3. The Morgan fingerprint density at radius 1 is 1.03 bits per heavy atom. The monoisotopic (exact) mass is 858 g/mol. The van der Waals surface area contributed by atoms with Crippen LogP contribution in [0.2, 0.25) is 0 Å². The third kappa shape index (κ3) is 9.20. The number of aliphatic hydroxyl groups is 1. The van der Waals surface area contributed by atoms with Crippen LogP contribution in [0.4, 0.5) is 17.2 Å². The largest absolute Gasteiger partial charge is 0.455 e. The third-order valence-corrected chi connectivity index (χ3v) is 14.6. The molecule has 14 heteroatoms. The van der Waals surface area contributed by atoms with Crippen molar-refractivity contribution in [3.63, 3.8) is 0 Å². The summed E-state index contributed by atoms with van der Waals surface area (Å²) in [5.41, 5.74) is 4.89. The van der Waals surface area contributed by atoms with E-state index >= 15 is 0 Å². The summed E-state index contributed by atoms with van der Waals surface area (Å²) in [7, 11) is 0. The minimum absolute atomic E-state index is 0.173. The Labute approximate surface area is 367 Å². The number of H-pyrrole nitrogens is 1. The predicted molar refractivity (Wildman–Crippen MR) is 244 cm³/mol. The number of carbonyl (C=O) groups excluding carboxylic acids is 1. The fourth-order valence-electron chi connectivity index (χ4n) is 10.2. The Morgan fingerprint density at radius 2 is 1.84 bits per heavy atom. The molecule has 2 aromatic carbocycles. The van der Waals surface area contributed by atoms with Gasteiger partial charge in [0.1, 0.15) is 17.1 Å². The molecule has 0 radical (unpaired) electrons. The van der Waals surface area contributed by atoms with Gasteiger partial charge in [-0.15, -0.1) is 4.91 Å². The zero-order valence-corrected chi connectivity index (χ0v) is 36.8. The summed E-state index contributed by atoms with van der Waals surface area (Å²) in [5, 5.41) is 17.7. The summed E-state index contributed by atoms with van der Waals surface area (Å²) in [6.45, 7) is 11.5. The van der Waals surface area contributed by atoms with Crippen LogP contribution in [0.1, 0.15) is 106 Å². The van der Waals surface area contributed by atoms with Gasteiger partial charge in [0, 0.05) is 66.7 Å². The summed E-state index contributed by atoms with van der Waals surface area (Å²) >= 11 is 1.07. The maximum Gasteiger partial charge on any atom is 0.265 e. The van der Waals surface area contributed by atoms with Crippen LogP contribution in [0.25, 0.3) is 11.0 Å². The lowest BCUT2D eigenvalue weighted by Crippen LogP contribution is -2.58.